The highest BCUT2D eigenvalue weighted by atomic mass is 28.3. The lowest BCUT2D eigenvalue weighted by molar-refractivity contribution is 1.18. The zero-order valence-electron chi connectivity index (χ0n) is 45.0. The molecule has 2 aliphatic rings. The number of hydrogen-bond acceptors (Lipinski definition) is 1. The van der Waals surface area contributed by atoms with Crippen LogP contribution < -0.4 is 58.4 Å². The highest BCUT2D eigenvalue weighted by Gasteiger charge is 2.47. The Balaban J connectivity index is 1.06. The fraction of sp³-hybridized carbons (Fsp3) is 0.0541. The number of benzene rings is 12. The maximum absolute atomic E-state index is 2.97. The average Bonchev–Trinajstić information content (AvgIpc) is 3.51. The minimum absolute atomic E-state index is 0.0140. The topological polar surface area (TPSA) is 8.17 Å². The molecule has 13 aromatic rings. The van der Waals surface area contributed by atoms with Crippen LogP contribution in [0.25, 0.3) is 49.4 Å². The van der Waals surface area contributed by atoms with Crippen molar-refractivity contribution in [3.05, 3.63) is 289 Å². The highest BCUT2D eigenvalue weighted by molar-refractivity contribution is 7.20. The molecule has 372 valence electrons. The van der Waals surface area contributed by atoms with Crippen molar-refractivity contribution in [2.45, 2.75) is 27.7 Å². The second-order valence-electron chi connectivity index (χ2n) is 22.1. The third kappa shape index (κ3) is 7.19. The Hall–Kier alpha value is -9.15. The van der Waals surface area contributed by atoms with Crippen LogP contribution in [-0.4, -0.2) is 26.1 Å². The van der Waals surface area contributed by atoms with E-state index in [4.69, 9.17) is 0 Å². The number of nitrogens with zero attached hydrogens (tertiary/aromatic N) is 2. The van der Waals surface area contributed by atoms with E-state index in [0.717, 1.165) is 0 Å². The summed E-state index contributed by atoms with van der Waals surface area (Å²) in [5.41, 5.74) is 23.1. The number of aromatic nitrogens is 1. The smallest absolute Gasteiger partial charge is 0.247 e. The van der Waals surface area contributed by atoms with Crippen LogP contribution in [0.2, 0.25) is 0 Å². The fourth-order valence-corrected chi connectivity index (χ4v) is 19.3. The molecule has 0 fully saturated rings. The minimum atomic E-state index is -2.97. The Morgan fingerprint density at radius 1 is 0.342 bits per heavy atom. The first-order valence-electron chi connectivity index (χ1n) is 27.9. The molecule has 79 heavy (non-hydrogen) atoms. The summed E-state index contributed by atoms with van der Waals surface area (Å²) in [6.07, 6.45) is 0. The third-order valence-electron chi connectivity index (χ3n) is 17.7. The number of aryl methyl sites for hydroxylation is 4. The predicted molar refractivity (Wildman–Crippen MR) is 343 cm³/mol. The normalized spacial score (nSPS) is 12.7. The Labute approximate surface area is 465 Å². The van der Waals surface area contributed by atoms with Crippen LogP contribution in [0, 0.1) is 27.7 Å². The van der Waals surface area contributed by atoms with E-state index < -0.39 is 8.07 Å². The maximum atomic E-state index is 2.67. The summed E-state index contributed by atoms with van der Waals surface area (Å²) in [5, 5.41) is 10.5. The molecule has 0 unspecified atom stereocenters. The summed E-state index contributed by atoms with van der Waals surface area (Å²) >= 11 is 0. The van der Waals surface area contributed by atoms with Crippen LogP contribution in [0.3, 0.4) is 0 Å². The zero-order chi connectivity index (χ0) is 52.9. The summed E-state index contributed by atoms with van der Waals surface area (Å²) in [5.74, 6) is 0. The van der Waals surface area contributed by atoms with E-state index in [2.05, 4.69) is 304 Å². The van der Waals surface area contributed by atoms with Gasteiger partial charge in [0, 0.05) is 33.5 Å². The van der Waals surface area contributed by atoms with Gasteiger partial charge in [-0.25, -0.2) is 0 Å². The first-order valence-corrected chi connectivity index (χ1v) is 29.9. The molecule has 15 rings (SSSR count). The van der Waals surface area contributed by atoms with Crippen molar-refractivity contribution in [2.24, 2.45) is 0 Å². The van der Waals surface area contributed by atoms with E-state index in [1.807, 2.05) is 0 Å². The van der Waals surface area contributed by atoms with Crippen molar-refractivity contribution >= 4 is 125 Å². The number of rotatable bonds is 8. The van der Waals surface area contributed by atoms with Crippen LogP contribution in [0.4, 0.5) is 17.1 Å². The molecule has 0 spiro atoms. The van der Waals surface area contributed by atoms with Gasteiger partial charge in [-0.05, 0) is 129 Å². The molecule has 0 radical (unpaired) electrons. The largest absolute Gasteiger partial charge is 0.313 e. The maximum Gasteiger partial charge on any atom is 0.247 e. The van der Waals surface area contributed by atoms with Crippen LogP contribution in [0.15, 0.2) is 267 Å². The second-order valence-corrected chi connectivity index (χ2v) is 25.9. The Bertz CT molecular complexity index is 4430. The van der Waals surface area contributed by atoms with Gasteiger partial charge in [0.15, 0.2) is 8.07 Å². The number of hydrogen-bond donors (Lipinski definition) is 0. The van der Waals surface area contributed by atoms with E-state index in [-0.39, 0.29) is 13.4 Å². The monoisotopic (exact) mass is 1020 g/mol. The minimum Gasteiger partial charge on any atom is -0.313 e. The zero-order valence-corrected chi connectivity index (χ0v) is 46.0. The van der Waals surface area contributed by atoms with Gasteiger partial charge in [0.1, 0.15) is 0 Å². The van der Waals surface area contributed by atoms with Gasteiger partial charge in [-0.3, -0.25) is 0 Å². The fourth-order valence-electron chi connectivity index (χ4n) is 14.5. The van der Waals surface area contributed by atoms with Gasteiger partial charge in [-0.2, -0.15) is 0 Å². The van der Waals surface area contributed by atoms with Gasteiger partial charge in [-0.1, -0.05) is 264 Å². The molecule has 12 aromatic carbocycles. The van der Waals surface area contributed by atoms with Gasteiger partial charge in [0.25, 0.3) is 0 Å². The first-order chi connectivity index (χ1) is 38.9. The van der Waals surface area contributed by atoms with E-state index in [1.54, 1.807) is 0 Å². The van der Waals surface area contributed by atoms with Gasteiger partial charge < -0.3 is 9.47 Å². The molecule has 3 heterocycles. The third-order valence-corrected chi connectivity index (χ3v) is 22.4. The SMILES string of the molecule is Cc1cc(C)c(B2c3cc(-c4cccc5ccccc45)ccc3N3c4ccc([Si](c5ccccc5)(c5ccccc5)c5ccccc5)cc4B(c4cc5c6ccccc6n(-c6ccccc6)c5cc4C)c4cccc2c43)c(C)c1. The number of fused-ring (bicyclic) bond motifs is 8. The van der Waals surface area contributed by atoms with Crippen LogP contribution in [0.5, 0.6) is 0 Å². The van der Waals surface area contributed by atoms with Crippen molar-refractivity contribution in [2.75, 3.05) is 4.90 Å². The quantitative estimate of drug-likeness (QED) is 0.109. The van der Waals surface area contributed by atoms with Crippen LogP contribution in [-0.2, 0) is 0 Å². The van der Waals surface area contributed by atoms with Crippen molar-refractivity contribution in [3.8, 4) is 16.8 Å². The van der Waals surface area contributed by atoms with Gasteiger partial charge >= 0.3 is 0 Å². The van der Waals surface area contributed by atoms with Crippen molar-refractivity contribution in [1.82, 2.24) is 4.57 Å². The molecule has 0 saturated carbocycles. The summed E-state index contributed by atoms with van der Waals surface area (Å²) in [6.45, 7) is 9.14. The lowest BCUT2D eigenvalue weighted by Crippen LogP contribution is -2.75. The van der Waals surface area contributed by atoms with Crippen molar-refractivity contribution in [3.63, 3.8) is 0 Å². The van der Waals surface area contributed by atoms with Crippen LogP contribution >= 0.6 is 0 Å². The predicted octanol–water partition coefficient (Wildman–Crippen LogP) is 11.3. The molecule has 1 aromatic heterocycles. The molecule has 0 amide bonds. The Kier molecular flexibility index (Phi) is 11.0. The molecule has 0 bridgehead atoms. The van der Waals surface area contributed by atoms with Crippen molar-refractivity contribution < 1.29 is 0 Å². The molecular weight excluding hydrogens is 967 g/mol. The lowest BCUT2D eigenvalue weighted by Gasteiger charge is -2.45. The molecule has 2 nitrogen and oxygen atoms in total. The molecule has 0 atom stereocenters. The first kappa shape index (κ1) is 47.1. The van der Waals surface area contributed by atoms with Crippen molar-refractivity contribution in [1.29, 1.82) is 0 Å². The van der Waals surface area contributed by atoms with E-state index in [0.29, 0.717) is 0 Å². The molecule has 2 aliphatic heterocycles. The molecule has 0 saturated heterocycles. The van der Waals surface area contributed by atoms with Gasteiger partial charge in [-0.15, -0.1) is 0 Å². The van der Waals surface area contributed by atoms with Gasteiger partial charge in [0.2, 0.25) is 13.4 Å². The molecule has 0 aliphatic carbocycles. The van der Waals surface area contributed by atoms with Gasteiger partial charge in [0.05, 0.1) is 11.0 Å². The Morgan fingerprint density at radius 2 is 0.886 bits per heavy atom. The molecule has 0 N–H and O–H groups in total. The van der Waals surface area contributed by atoms with E-state index >= 15 is 0 Å². The number of para-hydroxylation sites is 3. The van der Waals surface area contributed by atoms with E-state index in [9.17, 15) is 0 Å². The second kappa shape index (κ2) is 18.5. The summed E-state index contributed by atoms with van der Waals surface area (Å²) in [7, 11) is -2.97. The van der Waals surface area contributed by atoms with Crippen LogP contribution in [0.1, 0.15) is 22.3 Å². The summed E-state index contributed by atoms with van der Waals surface area (Å²) < 4.78 is 2.46. The Morgan fingerprint density at radius 3 is 1.56 bits per heavy atom. The summed E-state index contributed by atoms with van der Waals surface area (Å²) in [4.78, 5) is 2.67. The molecule has 5 heteroatoms. The van der Waals surface area contributed by atoms with E-state index in [1.165, 1.54) is 142 Å². The molecular formula is C74H56B2N2Si. The summed E-state index contributed by atoms with van der Waals surface area (Å²) in [6, 6.07) is 102. The standard InChI is InChI=1S/C74H56B2N2Si/c1-49-43-51(3)73(52(4)44-49)76-65-37-22-36-64-74(65)78(70-41-39-54(46-67(70)76)61-35-21-24-53-23-17-18-33-60(53)61)71-42-40-59(79(56-27-11-6-12-28-56,57-29-13-7-14-30-57)58-31-15-8-16-32-58)47-68(71)75(64)66-48-63-62-34-19-20-38-69(62)77(72(63)45-50(66)2)55-25-9-5-10-26-55/h5-48H,1-4H3. The lowest BCUT2D eigenvalue weighted by atomic mass is 9.29. The highest BCUT2D eigenvalue weighted by Crippen LogP contribution is 2.41. The number of anilines is 3. The average molecular weight is 1020 g/mol.